The molecule has 0 aliphatic heterocycles. The van der Waals surface area contributed by atoms with Crippen LogP contribution in [-0.4, -0.2) is 30.1 Å². The Morgan fingerprint density at radius 1 is 1.67 bits per heavy atom. The Labute approximate surface area is 111 Å². The molecule has 6 heteroatoms. The van der Waals surface area contributed by atoms with Crippen molar-refractivity contribution in [3.63, 3.8) is 0 Å². The number of carbonyl (C=O) groups is 1. The van der Waals surface area contributed by atoms with E-state index >= 15 is 0 Å². The van der Waals surface area contributed by atoms with Crippen molar-refractivity contribution < 1.29 is 9.53 Å². The van der Waals surface area contributed by atoms with Gasteiger partial charge in [-0.25, -0.2) is 4.98 Å². The Morgan fingerprint density at radius 3 is 2.83 bits per heavy atom. The maximum absolute atomic E-state index is 11.0. The highest BCUT2D eigenvalue weighted by Crippen LogP contribution is 2.35. The molecule has 2 rings (SSSR count). The number of nitrogens with two attached hydrogens (primary N) is 1. The van der Waals surface area contributed by atoms with E-state index in [1.807, 2.05) is 0 Å². The van der Waals surface area contributed by atoms with Gasteiger partial charge in [-0.15, -0.1) is 0 Å². The van der Waals surface area contributed by atoms with Crippen molar-refractivity contribution in [2.45, 2.75) is 24.9 Å². The van der Waals surface area contributed by atoms with E-state index in [-0.39, 0.29) is 5.60 Å². The number of hydrogen-bond donors (Lipinski definition) is 2. The molecule has 3 N–H and O–H groups in total. The highest BCUT2D eigenvalue weighted by molar-refractivity contribution is 6.33. The van der Waals surface area contributed by atoms with Crippen LogP contribution in [0.1, 0.15) is 29.6 Å². The maximum atomic E-state index is 11.0. The van der Waals surface area contributed by atoms with E-state index < -0.39 is 5.91 Å². The average molecular weight is 270 g/mol. The lowest BCUT2D eigenvalue weighted by molar-refractivity contribution is -0.0601. The van der Waals surface area contributed by atoms with Gasteiger partial charge < -0.3 is 15.8 Å². The molecule has 1 heterocycles. The number of aromatic nitrogens is 1. The Morgan fingerprint density at radius 2 is 2.39 bits per heavy atom. The average Bonchev–Trinajstić information content (AvgIpc) is 2.29. The molecule has 0 atom stereocenters. The fourth-order valence-corrected chi connectivity index (χ4v) is 2.20. The molecule has 1 aromatic rings. The first-order valence-corrected chi connectivity index (χ1v) is 6.18. The number of pyridine rings is 1. The molecule has 0 radical (unpaired) electrons. The molecule has 1 aliphatic carbocycles. The largest absolute Gasteiger partial charge is 0.376 e. The molecule has 5 nitrogen and oxygen atoms in total. The zero-order valence-corrected chi connectivity index (χ0v) is 11.0. The van der Waals surface area contributed by atoms with Crippen LogP contribution in [0.3, 0.4) is 0 Å². The van der Waals surface area contributed by atoms with Crippen LogP contribution in [0.2, 0.25) is 5.02 Å². The van der Waals surface area contributed by atoms with Crippen molar-refractivity contribution in [1.29, 1.82) is 0 Å². The summed E-state index contributed by atoms with van der Waals surface area (Å²) >= 11 is 6.03. The number of hydrogen-bond acceptors (Lipinski definition) is 4. The third-order valence-corrected chi connectivity index (χ3v) is 3.69. The molecule has 0 saturated heterocycles. The fraction of sp³-hybridized carbons (Fsp3) is 0.500. The normalized spacial score (nSPS) is 17.0. The van der Waals surface area contributed by atoms with Gasteiger partial charge in [0, 0.05) is 19.9 Å². The van der Waals surface area contributed by atoms with Crippen molar-refractivity contribution >= 4 is 23.3 Å². The van der Waals surface area contributed by atoms with Crippen molar-refractivity contribution in [3.8, 4) is 0 Å². The van der Waals surface area contributed by atoms with Gasteiger partial charge in [0.05, 0.1) is 16.2 Å². The molecule has 0 spiro atoms. The number of primary amides is 1. The van der Waals surface area contributed by atoms with E-state index in [1.165, 1.54) is 18.7 Å². The standard InChI is InChI=1S/C12H16ClN3O2/c1-18-12(3-2-4-12)7-16-11-9(13)5-8(6-15-11)10(14)17/h5-6H,2-4,7H2,1H3,(H2,14,17)(H,15,16). The third kappa shape index (κ3) is 2.57. The maximum Gasteiger partial charge on any atom is 0.250 e. The van der Waals surface area contributed by atoms with Gasteiger partial charge >= 0.3 is 0 Å². The molecule has 0 aromatic carbocycles. The first-order valence-electron chi connectivity index (χ1n) is 5.81. The molecule has 1 amide bonds. The van der Waals surface area contributed by atoms with Crippen LogP contribution >= 0.6 is 11.6 Å². The lowest BCUT2D eigenvalue weighted by Gasteiger charge is -2.40. The topological polar surface area (TPSA) is 77.2 Å². The number of carbonyl (C=O) groups excluding carboxylic acids is 1. The highest BCUT2D eigenvalue weighted by Gasteiger charge is 2.36. The second-order valence-corrected chi connectivity index (χ2v) is 4.92. The van der Waals surface area contributed by atoms with Crippen molar-refractivity contribution in [1.82, 2.24) is 4.98 Å². The van der Waals surface area contributed by atoms with Crippen molar-refractivity contribution in [2.24, 2.45) is 5.73 Å². The molecule has 1 aromatic heterocycles. The SMILES string of the molecule is COC1(CNc2ncc(C(N)=O)cc2Cl)CCC1. The molecule has 18 heavy (non-hydrogen) atoms. The first kappa shape index (κ1) is 13.1. The monoisotopic (exact) mass is 269 g/mol. The van der Waals surface area contributed by atoms with Crippen LogP contribution in [0.15, 0.2) is 12.3 Å². The van der Waals surface area contributed by atoms with Gasteiger partial charge in [-0.05, 0) is 25.3 Å². The Kier molecular flexibility index (Phi) is 3.73. The Hall–Kier alpha value is -1.33. The number of halogens is 1. The molecular weight excluding hydrogens is 254 g/mol. The molecule has 98 valence electrons. The number of methoxy groups -OCH3 is 1. The van der Waals surface area contributed by atoms with Gasteiger partial charge in [0.1, 0.15) is 5.82 Å². The minimum atomic E-state index is -0.539. The van der Waals surface area contributed by atoms with Crippen LogP contribution in [0.25, 0.3) is 0 Å². The summed E-state index contributed by atoms with van der Waals surface area (Å²) in [5.74, 6) is 0.00768. The zero-order valence-electron chi connectivity index (χ0n) is 10.2. The number of nitrogens with zero attached hydrogens (tertiary/aromatic N) is 1. The highest BCUT2D eigenvalue weighted by atomic mass is 35.5. The predicted octanol–water partition coefficient (Wildman–Crippen LogP) is 1.81. The first-order chi connectivity index (χ1) is 8.56. The smallest absolute Gasteiger partial charge is 0.250 e. The second-order valence-electron chi connectivity index (χ2n) is 4.51. The van der Waals surface area contributed by atoms with E-state index in [0.29, 0.717) is 22.9 Å². The Balaban J connectivity index is 2.03. The summed E-state index contributed by atoms with van der Waals surface area (Å²) in [5, 5.41) is 3.54. The number of ether oxygens (including phenoxy) is 1. The van der Waals surface area contributed by atoms with Crippen LogP contribution in [0, 0.1) is 0 Å². The fourth-order valence-electron chi connectivity index (χ4n) is 1.97. The molecule has 1 fully saturated rings. The summed E-state index contributed by atoms with van der Waals surface area (Å²) in [5.41, 5.74) is 5.35. The number of nitrogens with one attached hydrogen (secondary N) is 1. The summed E-state index contributed by atoms with van der Waals surface area (Å²) in [6, 6.07) is 1.51. The van der Waals surface area contributed by atoms with Crippen molar-refractivity contribution in [3.05, 3.63) is 22.8 Å². The molecule has 1 aliphatic rings. The van der Waals surface area contributed by atoms with Gasteiger partial charge in [-0.2, -0.15) is 0 Å². The summed E-state index contributed by atoms with van der Waals surface area (Å²) in [7, 11) is 1.71. The van der Waals surface area contributed by atoms with E-state index in [0.717, 1.165) is 12.8 Å². The van der Waals surface area contributed by atoms with Gasteiger partial charge in [0.15, 0.2) is 0 Å². The minimum absolute atomic E-state index is 0.104. The van der Waals surface area contributed by atoms with Gasteiger partial charge in [-0.3, -0.25) is 4.79 Å². The number of amides is 1. The van der Waals surface area contributed by atoms with E-state index in [4.69, 9.17) is 22.1 Å². The van der Waals surface area contributed by atoms with Gasteiger partial charge in [0.2, 0.25) is 5.91 Å². The Bertz CT molecular complexity index is 455. The lowest BCUT2D eigenvalue weighted by atomic mass is 9.80. The molecule has 1 saturated carbocycles. The number of anilines is 1. The van der Waals surface area contributed by atoms with E-state index in [2.05, 4.69) is 10.3 Å². The molecular formula is C12H16ClN3O2. The second kappa shape index (κ2) is 5.12. The third-order valence-electron chi connectivity index (χ3n) is 3.40. The van der Waals surface area contributed by atoms with Crippen LogP contribution in [0.4, 0.5) is 5.82 Å². The van der Waals surface area contributed by atoms with Crippen LogP contribution in [0.5, 0.6) is 0 Å². The van der Waals surface area contributed by atoms with Gasteiger partial charge in [0.25, 0.3) is 0 Å². The molecule has 0 unspecified atom stereocenters. The number of rotatable bonds is 5. The minimum Gasteiger partial charge on any atom is -0.376 e. The van der Waals surface area contributed by atoms with Gasteiger partial charge in [-0.1, -0.05) is 11.6 Å². The summed E-state index contributed by atoms with van der Waals surface area (Å²) in [6.45, 7) is 0.659. The lowest BCUT2D eigenvalue weighted by Crippen LogP contribution is -2.45. The van der Waals surface area contributed by atoms with E-state index in [1.54, 1.807) is 7.11 Å². The van der Waals surface area contributed by atoms with Crippen LogP contribution < -0.4 is 11.1 Å². The molecule has 0 bridgehead atoms. The predicted molar refractivity (Wildman–Crippen MR) is 69.8 cm³/mol. The summed E-state index contributed by atoms with van der Waals surface area (Å²) in [4.78, 5) is 15.1. The van der Waals surface area contributed by atoms with Crippen molar-refractivity contribution in [2.75, 3.05) is 19.0 Å². The zero-order chi connectivity index (χ0) is 13.2. The quantitative estimate of drug-likeness (QED) is 0.855. The van der Waals surface area contributed by atoms with Crippen LogP contribution in [-0.2, 0) is 4.74 Å². The summed E-state index contributed by atoms with van der Waals surface area (Å²) in [6.07, 6.45) is 4.66. The van der Waals surface area contributed by atoms with E-state index in [9.17, 15) is 4.79 Å². The summed E-state index contributed by atoms with van der Waals surface area (Å²) < 4.78 is 5.49.